The number of rotatable bonds is 4. The molecule has 0 heterocycles. The first-order chi connectivity index (χ1) is 8.79. The summed E-state index contributed by atoms with van der Waals surface area (Å²) in [5.41, 5.74) is 0.557. The monoisotopic (exact) mass is 374 g/mol. The number of ether oxygens (including phenoxy) is 1. The molecular weight excluding hydrogens is 355 g/mol. The summed E-state index contributed by atoms with van der Waals surface area (Å²) >= 11 is 2.25. The Kier molecular flexibility index (Phi) is 5.97. The highest BCUT2D eigenvalue weighted by molar-refractivity contribution is 14.1. The molecule has 19 heavy (non-hydrogen) atoms. The van der Waals surface area contributed by atoms with Crippen LogP contribution >= 0.6 is 22.6 Å². The predicted molar refractivity (Wildman–Crippen MR) is 82.7 cm³/mol. The lowest BCUT2D eigenvalue weighted by atomic mass is 9.97. The van der Waals surface area contributed by atoms with Crippen LogP contribution in [0.15, 0.2) is 24.3 Å². The number of esters is 2. The molecule has 0 N–H and O–H groups in total. The van der Waals surface area contributed by atoms with Crippen molar-refractivity contribution in [2.24, 2.45) is 5.41 Å². The second kappa shape index (κ2) is 7.03. The lowest BCUT2D eigenvalue weighted by Crippen LogP contribution is -2.25. The molecular formula is C15H19IO3. The van der Waals surface area contributed by atoms with Gasteiger partial charge in [-0.15, -0.1) is 0 Å². The van der Waals surface area contributed by atoms with E-state index in [0.717, 1.165) is 6.42 Å². The van der Waals surface area contributed by atoms with Crippen LogP contribution < -0.4 is 0 Å². The Labute approximate surface area is 127 Å². The number of hydrogen-bond donors (Lipinski definition) is 0. The first-order valence-electron chi connectivity index (χ1n) is 6.28. The minimum atomic E-state index is -0.633. The van der Waals surface area contributed by atoms with Crippen LogP contribution in [0.25, 0.3) is 0 Å². The van der Waals surface area contributed by atoms with Crippen molar-refractivity contribution < 1.29 is 14.3 Å². The average Bonchev–Trinajstić information content (AvgIpc) is 2.30. The number of carbonyl (C=O) groups is 2. The third kappa shape index (κ3) is 6.18. The van der Waals surface area contributed by atoms with Crippen molar-refractivity contribution in [1.82, 2.24) is 0 Å². The second-order valence-corrected chi connectivity index (χ2v) is 6.74. The quantitative estimate of drug-likeness (QED) is 0.458. The van der Waals surface area contributed by atoms with E-state index >= 15 is 0 Å². The van der Waals surface area contributed by atoms with Gasteiger partial charge in [0.2, 0.25) is 0 Å². The molecule has 0 aliphatic rings. The Morgan fingerprint density at radius 2 is 1.74 bits per heavy atom. The van der Waals surface area contributed by atoms with Crippen LogP contribution in [0, 0.1) is 8.99 Å². The molecule has 0 amide bonds. The molecule has 1 rings (SSSR count). The number of hydrogen-bond acceptors (Lipinski definition) is 3. The molecule has 0 aliphatic carbocycles. The maximum atomic E-state index is 11.5. The van der Waals surface area contributed by atoms with Crippen molar-refractivity contribution in [2.75, 3.05) is 0 Å². The molecule has 0 aliphatic heterocycles. The van der Waals surface area contributed by atoms with Gasteiger partial charge in [0.15, 0.2) is 0 Å². The fourth-order valence-electron chi connectivity index (χ4n) is 1.40. The highest BCUT2D eigenvalue weighted by Crippen LogP contribution is 2.16. The van der Waals surface area contributed by atoms with Crippen molar-refractivity contribution >= 4 is 34.5 Å². The van der Waals surface area contributed by atoms with E-state index in [4.69, 9.17) is 4.74 Å². The zero-order valence-corrected chi connectivity index (χ0v) is 13.7. The number of aryl methyl sites for hydroxylation is 1. The molecule has 0 atom stereocenters. The Bertz CT molecular complexity index is 443. The van der Waals surface area contributed by atoms with E-state index in [2.05, 4.69) is 22.6 Å². The molecule has 0 bridgehead atoms. The summed E-state index contributed by atoms with van der Waals surface area (Å²) in [7, 11) is 0. The Morgan fingerprint density at radius 1 is 1.16 bits per heavy atom. The lowest BCUT2D eigenvalue weighted by Gasteiger charge is -2.15. The summed E-state index contributed by atoms with van der Waals surface area (Å²) in [4.78, 5) is 23.0. The van der Waals surface area contributed by atoms with Gasteiger partial charge in [-0.1, -0.05) is 12.1 Å². The summed E-state index contributed by atoms with van der Waals surface area (Å²) in [6.07, 6.45) is 1.78. The van der Waals surface area contributed by atoms with Gasteiger partial charge in [-0.2, -0.15) is 0 Å². The molecule has 0 aromatic heterocycles. The van der Waals surface area contributed by atoms with Crippen molar-refractivity contribution in [3.05, 3.63) is 33.4 Å². The molecule has 0 saturated heterocycles. The van der Waals surface area contributed by atoms with E-state index in [1.54, 1.807) is 20.8 Å². The van der Waals surface area contributed by atoms with E-state index in [0.29, 0.717) is 6.42 Å². The van der Waals surface area contributed by atoms with Crippen LogP contribution in [0.2, 0.25) is 0 Å². The third-order valence-electron chi connectivity index (χ3n) is 2.58. The maximum Gasteiger partial charge on any atom is 0.318 e. The number of benzene rings is 1. The van der Waals surface area contributed by atoms with E-state index in [1.807, 2.05) is 24.3 Å². The van der Waals surface area contributed by atoms with Gasteiger partial charge in [-0.05, 0) is 73.9 Å². The summed E-state index contributed by atoms with van der Waals surface area (Å²) < 4.78 is 5.98. The summed E-state index contributed by atoms with van der Waals surface area (Å²) in [6.45, 7) is 5.19. The molecule has 0 saturated carbocycles. The van der Waals surface area contributed by atoms with Gasteiger partial charge in [0.25, 0.3) is 0 Å². The van der Waals surface area contributed by atoms with Crippen molar-refractivity contribution in [3.63, 3.8) is 0 Å². The molecule has 1 aromatic rings. The van der Waals surface area contributed by atoms with Gasteiger partial charge in [0.1, 0.15) is 0 Å². The summed E-state index contributed by atoms with van der Waals surface area (Å²) in [5.74, 6) is -0.905. The topological polar surface area (TPSA) is 43.4 Å². The molecule has 104 valence electrons. The zero-order chi connectivity index (χ0) is 14.5. The summed E-state index contributed by atoms with van der Waals surface area (Å²) in [6, 6.07) is 8.18. The number of carbonyl (C=O) groups excluding carboxylic acids is 2. The van der Waals surface area contributed by atoms with E-state index < -0.39 is 17.4 Å². The van der Waals surface area contributed by atoms with Gasteiger partial charge in [-0.3, -0.25) is 9.59 Å². The van der Waals surface area contributed by atoms with Crippen molar-refractivity contribution in [2.45, 2.75) is 40.0 Å². The zero-order valence-electron chi connectivity index (χ0n) is 11.5. The Balaban J connectivity index is 2.31. The molecule has 4 heteroatoms. The molecule has 0 unspecified atom stereocenters. The third-order valence-corrected chi connectivity index (χ3v) is 3.30. The van der Waals surface area contributed by atoms with Gasteiger partial charge in [0, 0.05) is 9.99 Å². The Hall–Kier alpha value is -0.910. The van der Waals surface area contributed by atoms with Crippen molar-refractivity contribution in [3.8, 4) is 0 Å². The summed E-state index contributed by atoms with van der Waals surface area (Å²) in [5, 5.41) is 0. The average molecular weight is 374 g/mol. The molecule has 0 radical (unpaired) electrons. The standard InChI is InChI=1S/C15H19IO3/c1-15(2,3)14(18)19-13(17)6-4-5-11-7-9-12(16)10-8-11/h7-10H,4-6H2,1-3H3. The predicted octanol–water partition coefficient (Wildman–Crippen LogP) is 3.73. The van der Waals surface area contributed by atoms with Crippen LogP contribution in [-0.2, 0) is 20.7 Å². The lowest BCUT2D eigenvalue weighted by molar-refractivity contribution is -0.165. The van der Waals surface area contributed by atoms with Gasteiger partial charge >= 0.3 is 11.9 Å². The van der Waals surface area contributed by atoms with Gasteiger partial charge in [0.05, 0.1) is 5.41 Å². The van der Waals surface area contributed by atoms with Crippen molar-refractivity contribution in [1.29, 1.82) is 0 Å². The first-order valence-corrected chi connectivity index (χ1v) is 7.36. The smallest absolute Gasteiger partial charge is 0.318 e. The van der Waals surface area contributed by atoms with Crippen LogP contribution in [0.1, 0.15) is 39.2 Å². The fourth-order valence-corrected chi connectivity index (χ4v) is 1.76. The highest BCUT2D eigenvalue weighted by atomic mass is 127. The largest absolute Gasteiger partial charge is 0.393 e. The van der Waals surface area contributed by atoms with Crippen LogP contribution in [-0.4, -0.2) is 11.9 Å². The van der Waals surface area contributed by atoms with Crippen LogP contribution in [0.4, 0.5) is 0 Å². The molecule has 1 aromatic carbocycles. The molecule has 0 spiro atoms. The molecule has 3 nitrogen and oxygen atoms in total. The highest BCUT2D eigenvalue weighted by Gasteiger charge is 2.25. The van der Waals surface area contributed by atoms with Crippen LogP contribution in [0.3, 0.4) is 0 Å². The van der Waals surface area contributed by atoms with Crippen LogP contribution in [0.5, 0.6) is 0 Å². The minimum absolute atomic E-state index is 0.272. The molecule has 0 fully saturated rings. The maximum absolute atomic E-state index is 11.5. The first kappa shape index (κ1) is 16.1. The SMILES string of the molecule is CC(C)(C)C(=O)OC(=O)CCCc1ccc(I)cc1. The van der Waals surface area contributed by atoms with E-state index in [-0.39, 0.29) is 6.42 Å². The van der Waals surface area contributed by atoms with Gasteiger partial charge in [-0.25, -0.2) is 0 Å². The van der Waals surface area contributed by atoms with E-state index in [1.165, 1.54) is 9.13 Å². The normalized spacial score (nSPS) is 11.2. The second-order valence-electron chi connectivity index (χ2n) is 5.49. The van der Waals surface area contributed by atoms with Gasteiger partial charge < -0.3 is 4.74 Å². The minimum Gasteiger partial charge on any atom is -0.393 e. The number of halogens is 1. The Morgan fingerprint density at radius 3 is 2.26 bits per heavy atom. The van der Waals surface area contributed by atoms with E-state index in [9.17, 15) is 9.59 Å². The fraction of sp³-hybridized carbons (Fsp3) is 0.467.